The first-order valence-corrected chi connectivity index (χ1v) is 5.07. The molecule has 0 saturated heterocycles. The van der Waals surface area contributed by atoms with E-state index in [1.807, 2.05) is 44.2 Å². The van der Waals surface area contributed by atoms with Crippen LogP contribution in [0.4, 0.5) is 0 Å². The zero-order valence-corrected chi connectivity index (χ0v) is 9.05. The molecule has 15 heavy (non-hydrogen) atoms. The smallest absolute Gasteiger partial charge is 0.320 e. The number of carboxylic acid groups (broad SMARTS) is 1. The predicted octanol–water partition coefficient (Wildman–Crippen LogP) is 1.84. The number of carbonyl (C=O) groups is 1. The minimum absolute atomic E-state index is 0.0788. The summed E-state index contributed by atoms with van der Waals surface area (Å²) in [6.45, 7) is 3.87. The molecule has 0 aliphatic rings. The summed E-state index contributed by atoms with van der Waals surface area (Å²) in [5, 5.41) is 8.82. The molecule has 0 bridgehead atoms. The predicted molar refractivity (Wildman–Crippen MR) is 59.6 cm³/mol. The second-order valence-corrected chi connectivity index (χ2v) is 3.92. The fraction of sp³-hybridized carbons (Fsp3) is 0.417. The van der Waals surface area contributed by atoms with Crippen LogP contribution in [0.15, 0.2) is 30.3 Å². The average Bonchev–Trinajstić information content (AvgIpc) is 2.27. The van der Waals surface area contributed by atoms with E-state index in [0.29, 0.717) is 0 Å². The number of hydrogen-bond acceptors (Lipinski definition) is 2. The maximum atomic E-state index is 10.8. The third-order valence-electron chi connectivity index (χ3n) is 2.97. The molecule has 1 aromatic rings. The number of nitrogens with two attached hydrogens (primary N) is 1. The molecule has 0 spiro atoms. The van der Waals surface area contributed by atoms with Gasteiger partial charge in [0.1, 0.15) is 6.04 Å². The van der Waals surface area contributed by atoms with Gasteiger partial charge < -0.3 is 10.8 Å². The lowest BCUT2D eigenvalue weighted by molar-refractivity contribution is -0.139. The van der Waals surface area contributed by atoms with Gasteiger partial charge in [0.2, 0.25) is 0 Å². The number of benzene rings is 1. The summed E-state index contributed by atoms with van der Waals surface area (Å²) in [5.41, 5.74) is 6.73. The highest BCUT2D eigenvalue weighted by Gasteiger charge is 2.25. The molecule has 1 rings (SSSR count). The molecule has 0 saturated carbocycles. The second-order valence-electron chi connectivity index (χ2n) is 3.92. The Bertz CT molecular complexity index is 324. The van der Waals surface area contributed by atoms with Gasteiger partial charge in [-0.25, -0.2) is 0 Å². The summed E-state index contributed by atoms with van der Waals surface area (Å²) in [6.07, 6.45) is 0. The van der Waals surface area contributed by atoms with Crippen LogP contribution in [0.25, 0.3) is 0 Å². The van der Waals surface area contributed by atoms with Gasteiger partial charge in [0.05, 0.1) is 0 Å². The summed E-state index contributed by atoms with van der Waals surface area (Å²) >= 11 is 0. The summed E-state index contributed by atoms with van der Waals surface area (Å²) in [4.78, 5) is 10.8. The maximum Gasteiger partial charge on any atom is 0.320 e. The van der Waals surface area contributed by atoms with E-state index in [1.54, 1.807) is 0 Å². The molecule has 3 N–H and O–H groups in total. The Morgan fingerprint density at radius 1 is 1.27 bits per heavy atom. The Labute approximate surface area is 89.9 Å². The number of hydrogen-bond donors (Lipinski definition) is 2. The minimum atomic E-state index is -0.940. The molecule has 3 heteroatoms. The fourth-order valence-electron chi connectivity index (χ4n) is 1.60. The van der Waals surface area contributed by atoms with Gasteiger partial charge in [0, 0.05) is 0 Å². The van der Waals surface area contributed by atoms with Gasteiger partial charge in [-0.2, -0.15) is 0 Å². The lowest BCUT2D eigenvalue weighted by atomic mass is 9.84. The normalized spacial score (nSPS) is 16.7. The van der Waals surface area contributed by atoms with E-state index < -0.39 is 12.0 Å². The van der Waals surface area contributed by atoms with E-state index in [4.69, 9.17) is 10.8 Å². The third-order valence-corrected chi connectivity index (χ3v) is 2.97. The largest absolute Gasteiger partial charge is 0.480 e. The lowest BCUT2D eigenvalue weighted by Gasteiger charge is -2.23. The van der Waals surface area contributed by atoms with Gasteiger partial charge in [-0.1, -0.05) is 44.2 Å². The molecular formula is C12H17NO2. The first kappa shape index (κ1) is 11.7. The Hall–Kier alpha value is -1.35. The molecule has 3 unspecified atom stereocenters. The van der Waals surface area contributed by atoms with Crippen LogP contribution in [0.1, 0.15) is 25.3 Å². The van der Waals surface area contributed by atoms with Gasteiger partial charge in [0.15, 0.2) is 0 Å². The quantitative estimate of drug-likeness (QED) is 0.791. The van der Waals surface area contributed by atoms with Crippen molar-refractivity contribution in [1.82, 2.24) is 0 Å². The highest BCUT2D eigenvalue weighted by Crippen LogP contribution is 2.25. The van der Waals surface area contributed by atoms with Crippen LogP contribution >= 0.6 is 0 Å². The number of rotatable bonds is 4. The molecule has 3 nitrogen and oxygen atoms in total. The lowest BCUT2D eigenvalue weighted by Crippen LogP contribution is -2.38. The molecule has 0 aliphatic heterocycles. The Kier molecular flexibility index (Phi) is 3.86. The first-order valence-electron chi connectivity index (χ1n) is 5.07. The third kappa shape index (κ3) is 2.80. The van der Waals surface area contributed by atoms with Gasteiger partial charge in [-0.15, -0.1) is 0 Å². The second kappa shape index (κ2) is 4.94. The molecule has 0 aliphatic carbocycles. The van der Waals surface area contributed by atoms with Crippen molar-refractivity contribution in [2.45, 2.75) is 25.8 Å². The Balaban J connectivity index is 2.77. The number of aliphatic carboxylic acids is 1. The van der Waals surface area contributed by atoms with Crippen LogP contribution in [0.5, 0.6) is 0 Å². The minimum Gasteiger partial charge on any atom is -0.480 e. The zero-order chi connectivity index (χ0) is 11.4. The molecular weight excluding hydrogens is 190 g/mol. The summed E-state index contributed by atoms with van der Waals surface area (Å²) < 4.78 is 0. The van der Waals surface area contributed by atoms with Crippen molar-refractivity contribution >= 4 is 5.97 Å². The number of carboxylic acids is 1. The molecule has 82 valence electrons. The van der Waals surface area contributed by atoms with Gasteiger partial charge >= 0.3 is 5.97 Å². The standard InChI is InChI=1S/C12H17NO2/c1-8(9(2)11(13)12(14)15)10-6-4-3-5-7-10/h3-9,11H,13H2,1-2H3,(H,14,15). The van der Waals surface area contributed by atoms with Crippen molar-refractivity contribution in [1.29, 1.82) is 0 Å². The molecule has 0 heterocycles. The van der Waals surface area contributed by atoms with Crippen molar-refractivity contribution in [3.8, 4) is 0 Å². The highest BCUT2D eigenvalue weighted by atomic mass is 16.4. The fourth-order valence-corrected chi connectivity index (χ4v) is 1.60. The van der Waals surface area contributed by atoms with E-state index in [1.165, 1.54) is 0 Å². The Morgan fingerprint density at radius 2 is 1.80 bits per heavy atom. The zero-order valence-electron chi connectivity index (χ0n) is 9.05. The summed E-state index contributed by atoms with van der Waals surface area (Å²) in [7, 11) is 0. The molecule has 0 aromatic heterocycles. The van der Waals surface area contributed by atoms with Gasteiger partial charge in [0.25, 0.3) is 0 Å². The van der Waals surface area contributed by atoms with Crippen LogP contribution in [0.3, 0.4) is 0 Å². The van der Waals surface area contributed by atoms with Crippen molar-refractivity contribution in [2.75, 3.05) is 0 Å². The van der Waals surface area contributed by atoms with Crippen molar-refractivity contribution in [2.24, 2.45) is 11.7 Å². The van der Waals surface area contributed by atoms with E-state index in [-0.39, 0.29) is 11.8 Å². The van der Waals surface area contributed by atoms with Crippen LogP contribution in [0.2, 0.25) is 0 Å². The SMILES string of the molecule is CC(c1ccccc1)C(C)C(N)C(=O)O. The maximum absolute atomic E-state index is 10.8. The van der Waals surface area contributed by atoms with Crippen molar-refractivity contribution in [3.05, 3.63) is 35.9 Å². The average molecular weight is 207 g/mol. The molecule has 0 fully saturated rings. The monoisotopic (exact) mass is 207 g/mol. The van der Waals surface area contributed by atoms with Crippen LogP contribution in [0, 0.1) is 5.92 Å². The van der Waals surface area contributed by atoms with E-state index in [2.05, 4.69) is 0 Å². The highest BCUT2D eigenvalue weighted by molar-refractivity contribution is 5.73. The molecule has 1 aromatic carbocycles. The van der Waals surface area contributed by atoms with Gasteiger partial charge in [-0.3, -0.25) is 4.79 Å². The first-order chi connectivity index (χ1) is 7.04. The van der Waals surface area contributed by atoms with Crippen LogP contribution < -0.4 is 5.73 Å². The van der Waals surface area contributed by atoms with Crippen LogP contribution in [-0.2, 0) is 4.79 Å². The molecule has 3 atom stereocenters. The van der Waals surface area contributed by atoms with E-state index >= 15 is 0 Å². The summed E-state index contributed by atoms with van der Waals surface area (Å²) in [6, 6.07) is 9.03. The molecule has 0 amide bonds. The summed E-state index contributed by atoms with van der Waals surface area (Å²) in [5.74, 6) is -0.868. The van der Waals surface area contributed by atoms with E-state index in [0.717, 1.165) is 5.56 Å². The topological polar surface area (TPSA) is 63.3 Å². The van der Waals surface area contributed by atoms with Crippen molar-refractivity contribution < 1.29 is 9.90 Å². The van der Waals surface area contributed by atoms with Gasteiger partial charge in [-0.05, 0) is 17.4 Å². The van der Waals surface area contributed by atoms with Crippen molar-refractivity contribution in [3.63, 3.8) is 0 Å². The van der Waals surface area contributed by atoms with E-state index in [9.17, 15) is 4.79 Å². The molecule has 0 radical (unpaired) electrons. The van der Waals surface area contributed by atoms with Crippen LogP contribution in [-0.4, -0.2) is 17.1 Å². The Morgan fingerprint density at radius 3 is 2.27 bits per heavy atom.